The Labute approximate surface area is 123 Å². The molecule has 0 bridgehead atoms. The molecular formula is C13H13F3N4O2. The number of amides is 1. The van der Waals surface area contributed by atoms with Gasteiger partial charge in [0.05, 0.1) is 11.3 Å². The first kappa shape index (κ1) is 15.8. The van der Waals surface area contributed by atoms with Crippen LogP contribution in [0.3, 0.4) is 0 Å². The van der Waals surface area contributed by atoms with Crippen LogP contribution in [0.25, 0.3) is 0 Å². The maximum Gasteiger partial charge on any atom is 0.435 e. The molecule has 22 heavy (non-hydrogen) atoms. The van der Waals surface area contributed by atoms with E-state index in [-0.39, 0.29) is 11.2 Å². The first-order valence-electron chi connectivity index (χ1n) is 6.35. The van der Waals surface area contributed by atoms with Gasteiger partial charge in [0.1, 0.15) is 0 Å². The molecule has 2 aromatic heterocycles. The molecule has 0 spiro atoms. The number of carbonyl (C=O) groups is 1. The second-order valence-corrected chi connectivity index (χ2v) is 4.56. The van der Waals surface area contributed by atoms with Crippen LogP contribution in [-0.4, -0.2) is 20.3 Å². The zero-order chi connectivity index (χ0) is 16.5. The zero-order valence-electron chi connectivity index (χ0n) is 11.8. The smallest absolute Gasteiger partial charge is 0.321 e. The molecule has 0 aliphatic carbocycles. The molecule has 0 atom stereocenters. The summed E-state index contributed by atoms with van der Waals surface area (Å²) in [6.07, 6.45) is -2.37. The Bertz CT molecular complexity index is 761. The number of carbonyl (C=O) groups excluding carboxylic acids is 1. The third kappa shape index (κ3) is 3.18. The quantitative estimate of drug-likeness (QED) is 0.940. The molecule has 0 radical (unpaired) electrons. The molecule has 0 saturated heterocycles. The molecule has 0 aromatic carbocycles. The van der Waals surface area contributed by atoms with Crippen LogP contribution in [0.2, 0.25) is 0 Å². The van der Waals surface area contributed by atoms with Crippen LogP contribution in [0.1, 0.15) is 23.0 Å². The van der Waals surface area contributed by atoms with Crippen molar-refractivity contribution < 1.29 is 18.0 Å². The van der Waals surface area contributed by atoms with Gasteiger partial charge in [-0.05, 0) is 13.0 Å². The normalized spacial score (nSPS) is 11.5. The Kier molecular flexibility index (Phi) is 4.07. The van der Waals surface area contributed by atoms with Crippen molar-refractivity contribution in [1.82, 2.24) is 14.3 Å². The number of halogens is 3. The molecule has 9 heteroatoms. The van der Waals surface area contributed by atoms with Crippen LogP contribution in [0.4, 0.5) is 18.9 Å². The van der Waals surface area contributed by atoms with Crippen molar-refractivity contribution in [2.24, 2.45) is 7.05 Å². The van der Waals surface area contributed by atoms with E-state index in [9.17, 15) is 22.8 Å². The summed E-state index contributed by atoms with van der Waals surface area (Å²) < 4.78 is 40.7. The fraction of sp³-hybridized carbons (Fsp3) is 0.308. The summed E-state index contributed by atoms with van der Waals surface area (Å²) in [6.45, 7) is 2.11. The van der Waals surface area contributed by atoms with Gasteiger partial charge in [0.15, 0.2) is 5.69 Å². The van der Waals surface area contributed by atoms with Crippen molar-refractivity contribution in [3.05, 3.63) is 46.1 Å². The number of nitrogens with one attached hydrogen (secondary N) is 1. The predicted molar refractivity (Wildman–Crippen MR) is 72.5 cm³/mol. The minimum Gasteiger partial charge on any atom is -0.321 e. The van der Waals surface area contributed by atoms with Crippen LogP contribution in [0.5, 0.6) is 0 Å². The molecule has 0 unspecified atom stereocenters. The summed E-state index contributed by atoms with van der Waals surface area (Å²) >= 11 is 0. The number of pyridine rings is 1. The summed E-state index contributed by atoms with van der Waals surface area (Å²) in [7, 11) is 1.29. The van der Waals surface area contributed by atoms with Crippen LogP contribution < -0.4 is 10.9 Å². The van der Waals surface area contributed by atoms with E-state index < -0.39 is 23.3 Å². The van der Waals surface area contributed by atoms with E-state index in [2.05, 4.69) is 10.4 Å². The molecule has 0 saturated carbocycles. The van der Waals surface area contributed by atoms with Gasteiger partial charge in [0, 0.05) is 32.1 Å². The van der Waals surface area contributed by atoms with E-state index in [0.29, 0.717) is 6.54 Å². The zero-order valence-corrected chi connectivity index (χ0v) is 11.8. The number of anilines is 1. The molecule has 0 aliphatic heterocycles. The van der Waals surface area contributed by atoms with Crippen molar-refractivity contribution in [2.45, 2.75) is 19.6 Å². The second-order valence-electron chi connectivity index (χ2n) is 4.56. The van der Waals surface area contributed by atoms with E-state index in [4.69, 9.17) is 0 Å². The van der Waals surface area contributed by atoms with E-state index in [1.165, 1.54) is 29.9 Å². The third-order valence-corrected chi connectivity index (χ3v) is 2.92. The van der Waals surface area contributed by atoms with Gasteiger partial charge < -0.3 is 9.88 Å². The lowest BCUT2D eigenvalue weighted by molar-refractivity contribution is -0.141. The third-order valence-electron chi connectivity index (χ3n) is 2.92. The Morgan fingerprint density at radius 3 is 2.59 bits per heavy atom. The van der Waals surface area contributed by atoms with Gasteiger partial charge in [-0.25, -0.2) is 0 Å². The molecule has 2 heterocycles. The van der Waals surface area contributed by atoms with Crippen LogP contribution >= 0.6 is 0 Å². The Morgan fingerprint density at radius 2 is 2.00 bits per heavy atom. The maximum absolute atomic E-state index is 12.8. The fourth-order valence-corrected chi connectivity index (χ4v) is 1.91. The SMILES string of the molecule is CCn1cc(NC(=O)c2cn(C)nc2C(F)(F)F)ccc1=O. The lowest BCUT2D eigenvalue weighted by Crippen LogP contribution is -2.21. The molecule has 2 rings (SSSR count). The van der Waals surface area contributed by atoms with Crippen LogP contribution in [-0.2, 0) is 19.8 Å². The molecule has 118 valence electrons. The first-order valence-corrected chi connectivity index (χ1v) is 6.35. The first-order chi connectivity index (χ1) is 10.2. The average molecular weight is 314 g/mol. The number of hydrogen-bond donors (Lipinski definition) is 1. The minimum atomic E-state index is -4.73. The van der Waals surface area contributed by atoms with Crippen molar-refractivity contribution in [3.8, 4) is 0 Å². The van der Waals surface area contributed by atoms with Crippen molar-refractivity contribution in [1.29, 1.82) is 0 Å². The highest BCUT2D eigenvalue weighted by molar-refractivity contribution is 6.04. The molecule has 1 N–H and O–H groups in total. The Morgan fingerprint density at radius 1 is 1.32 bits per heavy atom. The molecule has 1 amide bonds. The maximum atomic E-state index is 12.8. The summed E-state index contributed by atoms with van der Waals surface area (Å²) in [4.78, 5) is 23.5. The monoisotopic (exact) mass is 314 g/mol. The largest absolute Gasteiger partial charge is 0.435 e. The number of rotatable bonds is 3. The van der Waals surface area contributed by atoms with Crippen molar-refractivity contribution in [2.75, 3.05) is 5.32 Å². The average Bonchev–Trinajstić information content (AvgIpc) is 2.83. The topological polar surface area (TPSA) is 68.9 Å². The number of nitrogens with zero attached hydrogens (tertiary/aromatic N) is 3. The molecule has 0 fully saturated rings. The van der Waals surface area contributed by atoms with Crippen LogP contribution in [0, 0.1) is 0 Å². The second kappa shape index (κ2) is 5.66. The van der Waals surface area contributed by atoms with Gasteiger partial charge in [-0.3, -0.25) is 14.3 Å². The lowest BCUT2D eigenvalue weighted by Gasteiger charge is -2.09. The molecule has 6 nitrogen and oxygen atoms in total. The summed E-state index contributed by atoms with van der Waals surface area (Å²) in [6, 6.07) is 2.56. The van der Waals surface area contributed by atoms with Crippen molar-refractivity contribution >= 4 is 11.6 Å². The van der Waals surface area contributed by atoms with Gasteiger partial charge in [0.25, 0.3) is 11.5 Å². The van der Waals surface area contributed by atoms with Crippen LogP contribution in [0.15, 0.2) is 29.3 Å². The number of hydrogen-bond acceptors (Lipinski definition) is 3. The highest BCUT2D eigenvalue weighted by atomic mass is 19.4. The number of aromatic nitrogens is 3. The molecule has 2 aromatic rings. The number of aryl methyl sites for hydroxylation is 2. The summed E-state index contributed by atoms with van der Waals surface area (Å²) in [5.41, 5.74) is -1.87. The lowest BCUT2D eigenvalue weighted by atomic mass is 10.2. The highest BCUT2D eigenvalue weighted by Crippen LogP contribution is 2.30. The van der Waals surface area contributed by atoms with Gasteiger partial charge in [0.2, 0.25) is 0 Å². The van der Waals surface area contributed by atoms with E-state index in [1.807, 2.05) is 0 Å². The molecule has 0 aliphatic rings. The Balaban J connectivity index is 2.32. The fourth-order valence-electron chi connectivity index (χ4n) is 1.91. The minimum absolute atomic E-state index is 0.225. The van der Waals surface area contributed by atoms with E-state index in [1.54, 1.807) is 6.92 Å². The van der Waals surface area contributed by atoms with Gasteiger partial charge in [-0.1, -0.05) is 0 Å². The summed E-state index contributed by atoms with van der Waals surface area (Å²) in [5.74, 6) is -0.943. The highest BCUT2D eigenvalue weighted by Gasteiger charge is 2.39. The summed E-state index contributed by atoms with van der Waals surface area (Å²) in [5, 5.41) is 5.60. The van der Waals surface area contributed by atoms with E-state index in [0.717, 1.165) is 10.9 Å². The Hall–Kier alpha value is -2.58. The van der Waals surface area contributed by atoms with Gasteiger partial charge in [-0.2, -0.15) is 18.3 Å². The predicted octanol–water partition coefficient (Wildman–Crippen LogP) is 1.87. The van der Waals surface area contributed by atoms with Gasteiger partial charge >= 0.3 is 6.18 Å². The van der Waals surface area contributed by atoms with Gasteiger partial charge in [-0.15, -0.1) is 0 Å². The number of alkyl halides is 3. The van der Waals surface area contributed by atoms with E-state index >= 15 is 0 Å². The standard InChI is InChI=1S/C13H13F3N4O2/c1-3-20-6-8(4-5-10(20)21)17-12(22)9-7-19(2)18-11(9)13(14,15)16/h4-7H,3H2,1-2H3,(H,17,22). The molecular weight excluding hydrogens is 301 g/mol. The van der Waals surface area contributed by atoms with Crippen molar-refractivity contribution in [3.63, 3.8) is 0 Å².